The van der Waals surface area contributed by atoms with Gasteiger partial charge in [0.25, 0.3) is 0 Å². The van der Waals surface area contributed by atoms with Gasteiger partial charge >= 0.3 is 12.1 Å². The number of aryl methyl sites for hydroxylation is 1. The summed E-state index contributed by atoms with van der Waals surface area (Å²) < 4.78 is 51.3. The van der Waals surface area contributed by atoms with Gasteiger partial charge < -0.3 is 14.6 Å². The normalized spacial score (nSPS) is 11.7. The Morgan fingerprint density at radius 2 is 1.64 bits per heavy atom. The first kappa shape index (κ1) is 24.9. The first-order valence-corrected chi connectivity index (χ1v) is 11.2. The summed E-state index contributed by atoms with van der Waals surface area (Å²) >= 11 is 0. The van der Waals surface area contributed by atoms with Gasteiger partial charge in [-0.25, -0.2) is 4.79 Å². The number of carboxylic acid groups (broad SMARTS) is 1. The Balaban J connectivity index is 1.88. The lowest BCUT2D eigenvalue weighted by atomic mass is 9.91. The van der Waals surface area contributed by atoms with Crippen molar-refractivity contribution < 1.29 is 32.5 Å². The minimum absolute atomic E-state index is 0.212. The third-order valence-electron chi connectivity index (χ3n) is 5.64. The molecular weight excluding hydrogens is 469 g/mol. The van der Waals surface area contributed by atoms with Crippen LogP contribution in [0.4, 0.5) is 13.2 Å². The number of aliphatic carboxylic acids is 1. The smallest absolute Gasteiger partial charge is 0.389 e. The number of halogens is 3. The standard InChI is InChI=1S/C29H23F3O4/c1-35-24-12-13-25-22(18-24)17-21(15-16-29(30,31)32)27(20-5-3-2-4-6-20)28(25)36-23-10-7-19(8-11-23)9-14-26(33)34/h2-14,17-18H,15-16H2,1H3,(H,33,34). The van der Waals surface area contributed by atoms with Crippen molar-refractivity contribution in [2.24, 2.45) is 0 Å². The molecule has 0 spiro atoms. The van der Waals surface area contributed by atoms with Crippen molar-refractivity contribution in [1.29, 1.82) is 0 Å². The van der Waals surface area contributed by atoms with Crippen molar-refractivity contribution in [2.75, 3.05) is 7.11 Å². The van der Waals surface area contributed by atoms with E-state index in [9.17, 15) is 18.0 Å². The number of carboxylic acids is 1. The van der Waals surface area contributed by atoms with E-state index >= 15 is 0 Å². The van der Waals surface area contributed by atoms with E-state index in [1.54, 1.807) is 42.5 Å². The average Bonchev–Trinajstić information content (AvgIpc) is 2.86. The minimum atomic E-state index is -4.31. The van der Waals surface area contributed by atoms with Crippen LogP contribution in [0.2, 0.25) is 0 Å². The summed E-state index contributed by atoms with van der Waals surface area (Å²) in [6, 6.07) is 23.1. The molecule has 0 saturated heterocycles. The first-order valence-electron chi connectivity index (χ1n) is 11.2. The van der Waals surface area contributed by atoms with Crippen molar-refractivity contribution in [3.63, 3.8) is 0 Å². The maximum atomic E-state index is 13.2. The lowest BCUT2D eigenvalue weighted by Crippen LogP contribution is -2.09. The van der Waals surface area contributed by atoms with Gasteiger partial charge in [0.15, 0.2) is 0 Å². The fraction of sp³-hybridized carbons (Fsp3) is 0.138. The molecule has 0 unspecified atom stereocenters. The van der Waals surface area contributed by atoms with E-state index in [0.717, 1.165) is 17.0 Å². The predicted molar refractivity (Wildman–Crippen MR) is 133 cm³/mol. The Morgan fingerprint density at radius 3 is 2.28 bits per heavy atom. The molecule has 0 saturated carbocycles. The van der Waals surface area contributed by atoms with Gasteiger partial charge in [-0.2, -0.15) is 13.2 Å². The Bertz CT molecular complexity index is 1390. The zero-order valence-corrected chi connectivity index (χ0v) is 19.4. The second-order valence-corrected chi connectivity index (χ2v) is 8.15. The number of fused-ring (bicyclic) bond motifs is 1. The SMILES string of the molecule is COc1ccc2c(Oc3ccc(C=CC(=O)O)cc3)c(-c3ccccc3)c(CCC(F)(F)F)cc2c1. The molecule has 4 nitrogen and oxygen atoms in total. The lowest BCUT2D eigenvalue weighted by molar-refractivity contribution is -0.134. The van der Waals surface area contributed by atoms with Gasteiger partial charge in [0, 0.05) is 23.4 Å². The first-order chi connectivity index (χ1) is 17.2. The van der Waals surface area contributed by atoms with Crippen LogP contribution in [0, 0.1) is 0 Å². The topological polar surface area (TPSA) is 55.8 Å². The van der Waals surface area contributed by atoms with Crippen molar-refractivity contribution in [1.82, 2.24) is 0 Å². The summed E-state index contributed by atoms with van der Waals surface area (Å²) in [5.41, 5.74) is 2.51. The van der Waals surface area contributed by atoms with E-state index < -0.39 is 18.6 Å². The van der Waals surface area contributed by atoms with E-state index in [0.29, 0.717) is 39.3 Å². The number of benzene rings is 4. The lowest BCUT2D eigenvalue weighted by Gasteiger charge is -2.20. The molecule has 36 heavy (non-hydrogen) atoms. The van der Waals surface area contributed by atoms with Crippen LogP contribution in [0.5, 0.6) is 17.2 Å². The molecule has 0 aromatic heterocycles. The summed E-state index contributed by atoms with van der Waals surface area (Å²) in [6.45, 7) is 0. The quantitative estimate of drug-likeness (QED) is 0.254. The van der Waals surface area contributed by atoms with Crippen LogP contribution < -0.4 is 9.47 Å². The molecule has 0 aliphatic heterocycles. The Hall–Kier alpha value is -4.26. The number of hydrogen-bond donors (Lipinski definition) is 1. The van der Waals surface area contributed by atoms with Crippen LogP contribution in [0.1, 0.15) is 17.5 Å². The largest absolute Gasteiger partial charge is 0.497 e. The zero-order valence-electron chi connectivity index (χ0n) is 19.4. The van der Waals surface area contributed by atoms with E-state index in [1.165, 1.54) is 13.2 Å². The van der Waals surface area contributed by atoms with Gasteiger partial charge in [0.2, 0.25) is 0 Å². The zero-order chi connectivity index (χ0) is 25.7. The molecule has 0 fully saturated rings. The summed E-state index contributed by atoms with van der Waals surface area (Å²) in [7, 11) is 1.53. The molecule has 0 aliphatic rings. The highest BCUT2D eigenvalue weighted by molar-refractivity contribution is 5.98. The minimum Gasteiger partial charge on any atom is -0.497 e. The Labute approximate surface area is 206 Å². The van der Waals surface area contributed by atoms with Crippen molar-refractivity contribution >= 4 is 22.8 Å². The second kappa shape index (κ2) is 10.6. The molecule has 7 heteroatoms. The molecule has 4 aromatic carbocycles. The van der Waals surface area contributed by atoms with Gasteiger partial charge in [-0.05, 0) is 64.9 Å². The fourth-order valence-corrected chi connectivity index (χ4v) is 3.97. The van der Waals surface area contributed by atoms with Crippen LogP contribution >= 0.6 is 0 Å². The number of alkyl halides is 3. The average molecular weight is 492 g/mol. The van der Waals surface area contributed by atoms with Gasteiger partial charge in [0.1, 0.15) is 17.2 Å². The van der Waals surface area contributed by atoms with Crippen LogP contribution in [0.15, 0.2) is 84.9 Å². The molecular formula is C29H23F3O4. The maximum Gasteiger partial charge on any atom is 0.389 e. The van der Waals surface area contributed by atoms with E-state index in [1.807, 2.05) is 36.4 Å². The molecule has 0 atom stereocenters. The van der Waals surface area contributed by atoms with E-state index in [2.05, 4.69) is 0 Å². The van der Waals surface area contributed by atoms with Crippen LogP contribution in [-0.4, -0.2) is 24.4 Å². The number of ether oxygens (including phenoxy) is 2. The summed E-state index contributed by atoms with van der Waals surface area (Å²) in [5.74, 6) is 0.426. The number of carbonyl (C=O) groups is 1. The van der Waals surface area contributed by atoms with E-state index in [-0.39, 0.29) is 6.42 Å². The summed E-state index contributed by atoms with van der Waals surface area (Å²) in [4.78, 5) is 10.8. The third-order valence-corrected chi connectivity index (χ3v) is 5.64. The number of hydrogen-bond acceptors (Lipinski definition) is 3. The van der Waals surface area contributed by atoms with Gasteiger partial charge in [0.05, 0.1) is 7.11 Å². The highest BCUT2D eigenvalue weighted by Gasteiger charge is 2.28. The number of rotatable bonds is 8. The van der Waals surface area contributed by atoms with Crippen molar-refractivity contribution in [3.8, 4) is 28.4 Å². The molecule has 184 valence electrons. The molecule has 0 aliphatic carbocycles. The number of methoxy groups -OCH3 is 1. The van der Waals surface area contributed by atoms with Gasteiger partial charge in [-0.3, -0.25) is 0 Å². The molecule has 0 amide bonds. The monoisotopic (exact) mass is 492 g/mol. The molecule has 0 bridgehead atoms. The fourth-order valence-electron chi connectivity index (χ4n) is 3.97. The summed E-state index contributed by atoms with van der Waals surface area (Å²) in [6.07, 6.45) is -2.99. The molecule has 0 radical (unpaired) electrons. The van der Waals surface area contributed by atoms with E-state index in [4.69, 9.17) is 14.6 Å². The molecule has 4 rings (SSSR count). The van der Waals surface area contributed by atoms with Crippen LogP contribution in [0.3, 0.4) is 0 Å². The highest BCUT2D eigenvalue weighted by Crippen LogP contribution is 2.44. The highest BCUT2D eigenvalue weighted by atomic mass is 19.4. The summed E-state index contributed by atoms with van der Waals surface area (Å²) in [5, 5.41) is 10.2. The maximum absolute atomic E-state index is 13.2. The van der Waals surface area contributed by atoms with Crippen LogP contribution in [0.25, 0.3) is 28.0 Å². The Kier molecular flexibility index (Phi) is 7.29. The van der Waals surface area contributed by atoms with Gasteiger partial charge in [-0.15, -0.1) is 0 Å². The van der Waals surface area contributed by atoms with Crippen LogP contribution in [-0.2, 0) is 11.2 Å². The third kappa shape index (κ3) is 6.05. The molecule has 4 aromatic rings. The Morgan fingerprint density at radius 1 is 0.944 bits per heavy atom. The second-order valence-electron chi connectivity index (χ2n) is 8.15. The molecule has 1 N–H and O–H groups in total. The van der Waals surface area contributed by atoms with Crippen molar-refractivity contribution in [3.05, 3.63) is 96.1 Å². The van der Waals surface area contributed by atoms with Crippen molar-refractivity contribution in [2.45, 2.75) is 19.0 Å². The molecule has 0 heterocycles. The van der Waals surface area contributed by atoms with Gasteiger partial charge in [-0.1, -0.05) is 48.5 Å². The predicted octanol–water partition coefficient (Wildman–Crippen LogP) is 7.90.